The van der Waals surface area contributed by atoms with Crippen molar-refractivity contribution in [3.05, 3.63) is 39.8 Å². The van der Waals surface area contributed by atoms with Gasteiger partial charge in [-0.1, -0.05) is 16.5 Å². The lowest BCUT2D eigenvalue weighted by atomic mass is 9.94. The van der Waals surface area contributed by atoms with E-state index in [0.717, 1.165) is 63.8 Å². The van der Waals surface area contributed by atoms with Crippen molar-refractivity contribution < 1.29 is 9.00 Å². The summed E-state index contributed by atoms with van der Waals surface area (Å²) in [5.74, 6) is 1.03. The van der Waals surface area contributed by atoms with E-state index < -0.39 is 15.9 Å². The van der Waals surface area contributed by atoms with Crippen molar-refractivity contribution in [3.63, 3.8) is 0 Å². The molecule has 2 heterocycles. The Morgan fingerprint density at radius 3 is 2.52 bits per heavy atom. The molecule has 2 fully saturated rings. The second-order valence-electron chi connectivity index (χ2n) is 9.95. The summed E-state index contributed by atoms with van der Waals surface area (Å²) in [6.45, 7) is 3.03. The molecule has 2 saturated heterocycles. The van der Waals surface area contributed by atoms with Crippen molar-refractivity contribution in [1.82, 2.24) is 14.5 Å². The lowest BCUT2D eigenvalue weighted by molar-refractivity contribution is 0.257. The number of rotatable bonds is 4. The van der Waals surface area contributed by atoms with Crippen LogP contribution in [0, 0.1) is 23.3 Å². The van der Waals surface area contributed by atoms with Crippen LogP contribution in [0.1, 0.15) is 35.1 Å². The van der Waals surface area contributed by atoms with Crippen LogP contribution >= 0.6 is 0 Å². The molecular formula is C24H32N6O2S. The van der Waals surface area contributed by atoms with Crippen LogP contribution in [0.2, 0.25) is 0 Å². The van der Waals surface area contributed by atoms with E-state index in [-0.39, 0.29) is 6.04 Å². The number of hydrogen-bond donors (Lipinski definition) is 2. The van der Waals surface area contributed by atoms with E-state index in [0.29, 0.717) is 11.8 Å². The summed E-state index contributed by atoms with van der Waals surface area (Å²) in [6.07, 6.45) is 9.64. The Hall–Kier alpha value is -2.41. The van der Waals surface area contributed by atoms with Gasteiger partial charge in [0.05, 0.1) is 0 Å². The van der Waals surface area contributed by atoms with Crippen LogP contribution in [-0.2, 0) is 35.6 Å². The van der Waals surface area contributed by atoms with Crippen LogP contribution in [-0.4, -0.2) is 59.8 Å². The lowest BCUT2D eigenvalue weighted by Gasteiger charge is -2.22. The first-order chi connectivity index (χ1) is 15.9. The zero-order valence-electron chi connectivity index (χ0n) is 19.3. The number of carbonyl (C=O) groups is 1. The van der Waals surface area contributed by atoms with Crippen molar-refractivity contribution in [2.24, 2.45) is 16.2 Å². The van der Waals surface area contributed by atoms with Gasteiger partial charge in [0.1, 0.15) is 0 Å². The number of anilines is 1. The molecule has 176 valence electrons. The molecule has 1 aromatic carbocycles. The SMILES string of the molecule is CN1CC2CN(C)C(/C=C/S(=O)(=NC#N)NC(=O)Nc3c4c(cc5c3CCC5)CCC4)C2C1. The van der Waals surface area contributed by atoms with Gasteiger partial charge in [-0.2, -0.15) is 5.26 Å². The third kappa shape index (κ3) is 4.27. The van der Waals surface area contributed by atoms with Crippen LogP contribution in [0.25, 0.3) is 0 Å². The fraction of sp³-hybridized carbons (Fsp3) is 0.583. The third-order valence-corrected chi connectivity index (χ3v) is 9.09. The molecule has 0 aromatic heterocycles. The van der Waals surface area contributed by atoms with E-state index in [2.05, 4.69) is 44.4 Å². The van der Waals surface area contributed by atoms with E-state index in [1.807, 2.05) is 6.08 Å². The fourth-order valence-electron chi connectivity index (χ4n) is 6.38. The third-order valence-electron chi connectivity index (χ3n) is 7.73. The highest BCUT2D eigenvalue weighted by molar-refractivity contribution is 7.95. The summed E-state index contributed by atoms with van der Waals surface area (Å²) in [5, 5.41) is 13.6. The van der Waals surface area contributed by atoms with Gasteiger partial charge in [-0.25, -0.2) is 13.7 Å². The predicted molar refractivity (Wildman–Crippen MR) is 129 cm³/mol. The van der Waals surface area contributed by atoms with Gasteiger partial charge < -0.3 is 10.2 Å². The van der Waals surface area contributed by atoms with E-state index in [9.17, 15) is 9.00 Å². The molecule has 9 heteroatoms. The smallest absolute Gasteiger partial charge is 0.307 e. The van der Waals surface area contributed by atoms with Gasteiger partial charge >= 0.3 is 6.03 Å². The molecule has 0 bridgehead atoms. The van der Waals surface area contributed by atoms with Gasteiger partial charge in [0.15, 0.2) is 9.92 Å². The number of hydrogen-bond acceptors (Lipinski definition) is 6. The molecule has 4 atom stereocenters. The van der Waals surface area contributed by atoms with E-state index in [1.165, 1.54) is 27.7 Å². The van der Waals surface area contributed by atoms with Crippen molar-refractivity contribution >= 4 is 21.6 Å². The minimum absolute atomic E-state index is 0.111. The Morgan fingerprint density at radius 1 is 1.15 bits per heavy atom. The Balaban J connectivity index is 1.35. The molecule has 2 aliphatic heterocycles. The maximum atomic E-state index is 13.4. The summed E-state index contributed by atoms with van der Waals surface area (Å²) in [6, 6.07) is 1.84. The van der Waals surface area contributed by atoms with Crippen LogP contribution in [0.3, 0.4) is 0 Å². The number of benzene rings is 1. The van der Waals surface area contributed by atoms with Gasteiger partial charge in [0.2, 0.25) is 6.19 Å². The Bertz CT molecular complexity index is 1130. The molecule has 4 unspecified atom stereocenters. The first-order valence-corrected chi connectivity index (χ1v) is 13.4. The molecule has 8 nitrogen and oxygen atoms in total. The summed E-state index contributed by atoms with van der Waals surface area (Å²) < 4.78 is 19.5. The largest absolute Gasteiger partial charge is 0.331 e. The lowest BCUT2D eigenvalue weighted by Crippen LogP contribution is -2.35. The highest BCUT2D eigenvalue weighted by Crippen LogP contribution is 2.39. The molecule has 1 aromatic rings. The molecule has 33 heavy (non-hydrogen) atoms. The van der Waals surface area contributed by atoms with Crippen molar-refractivity contribution in [2.75, 3.05) is 39.0 Å². The first kappa shape index (κ1) is 22.4. The number of nitrogens with one attached hydrogen (secondary N) is 2. The highest BCUT2D eigenvalue weighted by Gasteiger charge is 2.43. The summed E-state index contributed by atoms with van der Waals surface area (Å²) >= 11 is 0. The van der Waals surface area contributed by atoms with Gasteiger partial charge in [-0.05, 0) is 86.7 Å². The Morgan fingerprint density at radius 2 is 1.85 bits per heavy atom. The van der Waals surface area contributed by atoms with Crippen molar-refractivity contribution in [2.45, 2.75) is 44.6 Å². The maximum absolute atomic E-state index is 13.4. The maximum Gasteiger partial charge on any atom is 0.331 e. The van der Waals surface area contributed by atoms with Crippen LogP contribution in [0.4, 0.5) is 10.5 Å². The zero-order chi connectivity index (χ0) is 23.2. The molecule has 2 N–H and O–H groups in total. The normalized spacial score (nSPS) is 28.2. The van der Waals surface area contributed by atoms with Gasteiger partial charge in [0, 0.05) is 36.8 Å². The predicted octanol–water partition coefficient (Wildman–Crippen LogP) is 2.66. The summed E-state index contributed by atoms with van der Waals surface area (Å²) in [4.78, 5) is 17.5. The molecule has 4 aliphatic rings. The monoisotopic (exact) mass is 468 g/mol. The van der Waals surface area contributed by atoms with Gasteiger partial charge in [0.25, 0.3) is 0 Å². The van der Waals surface area contributed by atoms with Crippen LogP contribution in [0.5, 0.6) is 0 Å². The number of aryl methyl sites for hydroxylation is 2. The van der Waals surface area contributed by atoms with Gasteiger partial charge in [-0.15, -0.1) is 0 Å². The molecule has 0 saturated carbocycles. The number of nitrogens with zero attached hydrogens (tertiary/aromatic N) is 4. The quantitative estimate of drug-likeness (QED) is 0.662. The number of urea groups is 1. The Labute approximate surface area is 196 Å². The van der Waals surface area contributed by atoms with E-state index >= 15 is 0 Å². The number of carbonyl (C=O) groups excluding carboxylic acids is 1. The Kier molecular flexibility index (Phi) is 5.93. The number of nitriles is 1. The number of likely N-dealkylation sites (N-methyl/N-ethyl adjacent to an activating group) is 1. The average Bonchev–Trinajstić information content (AvgIpc) is 3.51. The number of fused-ring (bicyclic) bond motifs is 3. The molecule has 2 aliphatic carbocycles. The van der Waals surface area contributed by atoms with E-state index in [4.69, 9.17) is 5.26 Å². The molecule has 2 amide bonds. The minimum Gasteiger partial charge on any atom is -0.307 e. The number of amides is 2. The molecular weight excluding hydrogens is 436 g/mol. The molecule has 0 spiro atoms. The second-order valence-corrected chi connectivity index (χ2v) is 11.8. The second kappa shape index (κ2) is 8.75. The topological polar surface area (TPSA) is 101 Å². The summed E-state index contributed by atoms with van der Waals surface area (Å²) in [5.41, 5.74) is 5.91. The summed E-state index contributed by atoms with van der Waals surface area (Å²) in [7, 11) is 0.825. The standard InChI is InChI=1S/C24H32N6O2S/c1-29-12-18-13-30(2)22(21(18)14-29)9-10-33(32,26-15-25)28-24(31)27-23-19-7-3-5-16(19)11-17-6-4-8-20(17)23/h9-11,18,21-22H,3-8,12-14H2,1-2H3,(H2,26,27,28,31,32)/b10-9+. The van der Waals surface area contributed by atoms with Crippen molar-refractivity contribution in [1.29, 1.82) is 5.26 Å². The highest BCUT2D eigenvalue weighted by atomic mass is 32.2. The number of likely N-dealkylation sites (tertiary alicyclic amines) is 2. The average molecular weight is 469 g/mol. The van der Waals surface area contributed by atoms with Crippen molar-refractivity contribution in [3.8, 4) is 6.19 Å². The minimum atomic E-state index is -3.36. The first-order valence-electron chi connectivity index (χ1n) is 11.8. The fourth-order valence-corrected chi connectivity index (χ4v) is 7.37. The van der Waals surface area contributed by atoms with Crippen LogP contribution < -0.4 is 10.0 Å². The van der Waals surface area contributed by atoms with Gasteiger partial charge in [-0.3, -0.25) is 4.90 Å². The molecule has 0 radical (unpaired) electrons. The molecule has 5 rings (SSSR count). The van der Waals surface area contributed by atoms with Crippen LogP contribution in [0.15, 0.2) is 21.9 Å². The zero-order valence-corrected chi connectivity index (χ0v) is 20.2. The van der Waals surface area contributed by atoms with E-state index in [1.54, 1.807) is 6.19 Å².